The van der Waals surface area contributed by atoms with Crippen molar-refractivity contribution in [3.63, 3.8) is 0 Å². The van der Waals surface area contributed by atoms with Crippen LogP contribution in [0.4, 0.5) is 0 Å². The molecule has 8 heteroatoms. The van der Waals surface area contributed by atoms with Crippen LogP contribution in [0.25, 0.3) is 0 Å². The zero-order valence-corrected chi connectivity index (χ0v) is 14.0. The predicted molar refractivity (Wildman–Crippen MR) is 64.0 cm³/mol. The minimum absolute atomic E-state index is 0. The van der Waals surface area contributed by atoms with Crippen LogP contribution >= 0.6 is 46.4 Å². The fraction of sp³-hybridized carbons (Fsp3) is 0. The van der Waals surface area contributed by atoms with E-state index in [0.29, 0.717) is 0 Å². The Labute approximate surface area is 153 Å². The fourth-order valence-electron chi connectivity index (χ4n) is 1.29. The van der Waals surface area contributed by atoms with E-state index in [-0.39, 0.29) is 82.6 Å². The molecule has 0 unspecified atom stereocenters. The van der Waals surface area contributed by atoms with Crippen LogP contribution in [0.2, 0.25) is 20.1 Å². The van der Waals surface area contributed by atoms with Gasteiger partial charge < -0.3 is 0 Å². The molecule has 1 heterocycles. The molecule has 0 aliphatic carbocycles. The van der Waals surface area contributed by atoms with Gasteiger partial charge in [-0.3, -0.25) is 14.9 Å². The first kappa shape index (κ1) is 15.2. The van der Waals surface area contributed by atoms with Gasteiger partial charge in [-0.1, -0.05) is 46.4 Å². The summed E-state index contributed by atoms with van der Waals surface area (Å²) in [5, 5.41) is 1.85. The molecule has 0 saturated carbocycles. The smallest absolute Gasteiger partial charge is 0.260 e. The van der Waals surface area contributed by atoms with Gasteiger partial charge in [0, 0.05) is 51.4 Å². The molecule has 1 aromatic rings. The number of rotatable bonds is 0. The zero-order chi connectivity index (χ0) is 11.3. The average Bonchev–Trinajstić information content (AvgIpc) is 2.47. The molecule has 16 heavy (non-hydrogen) atoms. The van der Waals surface area contributed by atoms with E-state index in [9.17, 15) is 9.59 Å². The van der Waals surface area contributed by atoms with Crippen molar-refractivity contribution < 1.29 is 9.59 Å². The maximum atomic E-state index is 11.3. The van der Waals surface area contributed by atoms with Gasteiger partial charge in [-0.05, 0) is 0 Å². The van der Waals surface area contributed by atoms with Gasteiger partial charge in [0.2, 0.25) is 0 Å². The first-order valence-corrected chi connectivity index (χ1v) is 5.18. The van der Waals surface area contributed by atoms with Gasteiger partial charge >= 0.3 is 0 Å². The largest absolute Gasteiger partial charge is 0.288 e. The molecule has 1 aliphatic rings. The van der Waals surface area contributed by atoms with Crippen molar-refractivity contribution in [2.75, 3.05) is 0 Å². The molecule has 0 atom stereocenters. The van der Waals surface area contributed by atoms with Gasteiger partial charge in [-0.2, -0.15) is 0 Å². The van der Waals surface area contributed by atoms with E-state index in [1.54, 1.807) is 0 Å². The Morgan fingerprint density at radius 1 is 0.688 bits per heavy atom. The number of fused-ring (bicyclic) bond motifs is 1. The van der Waals surface area contributed by atoms with Crippen molar-refractivity contribution in [2.45, 2.75) is 0 Å². The molecule has 79 valence electrons. The first-order chi connectivity index (χ1) is 6.95. The van der Waals surface area contributed by atoms with E-state index < -0.39 is 11.8 Å². The Balaban J connectivity index is 0.00000128. The summed E-state index contributed by atoms with van der Waals surface area (Å²) in [5.74, 6) is -1.25. The molecule has 0 saturated heterocycles. The Morgan fingerprint density at radius 2 is 1.00 bits per heavy atom. The van der Waals surface area contributed by atoms with Crippen LogP contribution in [0.1, 0.15) is 20.7 Å². The third-order valence-corrected chi connectivity index (χ3v) is 3.75. The second-order valence-electron chi connectivity index (χ2n) is 2.79. The molecule has 3 nitrogen and oxygen atoms in total. The van der Waals surface area contributed by atoms with E-state index in [0.717, 1.165) is 0 Å². The zero-order valence-electron chi connectivity index (χ0n) is 7.83. The van der Waals surface area contributed by atoms with Crippen molar-refractivity contribution in [3.05, 3.63) is 31.2 Å². The SMILES string of the molecule is O=C1NC(=O)c2c(Cl)c(Cl)c(Cl)c(Cl)c21.[K]. The van der Waals surface area contributed by atoms with E-state index in [2.05, 4.69) is 5.32 Å². The molecule has 0 aromatic heterocycles. The van der Waals surface area contributed by atoms with Crippen molar-refractivity contribution in [2.24, 2.45) is 0 Å². The number of amides is 2. The van der Waals surface area contributed by atoms with Crippen LogP contribution in [0.5, 0.6) is 0 Å². The summed E-state index contributed by atoms with van der Waals surface area (Å²) in [7, 11) is 0. The summed E-state index contributed by atoms with van der Waals surface area (Å²) in [5.41, 5.74) is -0.0536. The van der Waals surface area contributed by atoms with Crippen LogP contribution in [0.3, 0.4) is 0 Å². The van der Waals surface area contributed by atoms with E-state index in [1.807, 2.05) is 0 Å². The van der Waals surface area contributed by atoms with E-state index in [4.69, 9.17) is 46.4 Å². The minimum atomic E-state index is -0.625. The number of hydrogen-bond acceptors (Lipinski definition) is 2. The average molecular weight is 324 g/mol. The van der Waals surface area contributed by atoms with Gasteiger partial charge in [-0.25, -0.2) is 0 Å². The molecule has 1 aromatic carbocycles. The fourth-order valence-corrected chi connectivity index (χ4v) is 2.31. The Morgan fingerprint density at radius 3 is 1.31 bits per heavy atom. The van der Waals surface area contributed by atoms with Crippen LogP contribution in [0, 0.1) is 0 Å². The predicted octanol–water partition coefficient (Wildman–Crippen LogP) is 2.80. The molecule has 0 fully saturated rings. The number of benzene rings is 1. The Bertz CT molecular complexity index is 472. The standard InChI is InChI=1S/C8HCl4NO2.K/c9-3-1-2(8(15)13-7(1)14)4(10)6(12)5(3)11;/h(H,13,14,15);. The van der Waals surface area contributed by atoms with Gasteiger partial charge in [0.05, 0.1) is 31.2 Å². The molecule has 1 aliphatic heterocycles. The van der Waals surface area contributed by atoms with Gasteiger partial charge in [0.1, 0.15) is 0 Å². The third-order valence-electron chi connectivity index (χ3n) is 1.95. The quantitative estimate of drug-likeness (QED) is 0.345. The van der Waals surface area contributed by atoms with E-state index in [1.165, 1.54) is 0 Å². The normalized spacial score (nSPS) is 13.2. The maximum Gasteiger partial charge on any atom is 0.260 e. The summed E-state index contributed by atoms with van der Waals surface area (Å²) in [4.78, 5) is 22.7. The topological polar surface area (TPSA) is 46.2 Å². The number of carbonyl (C=O) groups excluding carboxylic acids is 2. The molecule has 1 radical (unpaired) electrons. The van der Waals surface area contributed by atoms with Crippen molar-refractivity contribution in [1.82, 2.24) is 5.32 Å². The summed E-state index contributed by atoms with van der Waals surface area (Å²) >= 11 is 23.1. The van der Waals surface area contributed by atoms with Crippen molar-refractivity contribution >= 4 is 110 Å². The van der Waals surface area contributed by atoms with Gasteiger partial charge in [-0.15, -0.1) is 0 Å². The monoisotopic (exact) mass is 322 g/mol. The number of imide groups is 1. The van der Waals surface area contributed by atoms with Crippen LogP contribution < -0.4 is 5.32 Å². The number of carbonyl (C=O) groups is 2. The minimum Gasteiger partial charge on any atom is -0.288 e. The maximum absolute atomic E-state index is 11.3. The first-order valence-electron chi connectivity index (χ1n) is 3.66. The van der Waals surface area contributed by atoms with Crippen LogP contribution in [-0.2, 0) is 0 Å². The molecule has 0 bridgehead atoms. The molecule has 2 rings (SSSR count). The number of halogens is 4. The van der Waals surface area contributed by atoms with Crippen LogP contribution in [0.15, 0.2) is 0 Å². The second kappa shape index (κ2) is 5.42. The summed E-state index contributed by atoms with van der Waals surface area (Å²) in [6.45, 7) is 0. The number of nitrogens with one attached hydrogen (secondary N) is 1. The molecular weight excluding hydrogens is 323 g/mol. The third kappa shape index (κ3) is 2.20. The Hall–Kier alpha value is 1.16. The second-order valence-corrected chi connectivity index (χ2v) is 4.30. The molecule has 2 amide bonds. The van der Waals surface area contributed by atoms with Crippen molar-refractivity contribution in [3.8, 4) is 0 Å². The molecule has 1 N–H and O–H groups in total. The molecule has 0 spiro atoms. The van der Waals surface area contributed by atoms with Gasteiger partial charge in [0.15, 0.2) is 0 Å². The van der Waals surface area contributed by atoms with E-state index >= 15 is 0 Å². The van der Waals surface area contributed by atoms with Crippen molar-refractivity contribution in [1.29, 1.82) is 0 Å². The number of hydrogen-bond donors (Lipinski definition) is 1. The van der Waals surface area contributed by atoms with Gasteiger partial charge in [0.25, 0.3) is 11.8 Å². The summed E-state index contributed by atoms with van der Waals surface area (Å²) in [6.07, 6.45) is 0. The summed E-state index contributed by atoms with van der Waals surface area (Å²) in [6, 6.07) is 0. The Kier molecular flexibility index (Phi) is 5.16. The summed E-state index contributed by atoms with van der Waals surface area (Å²) < 4.78 is 0. The molecular formula is C8HCl4KNO2. The van der Waals surface area contributed by atoms with Crippen LogP contribution in [-0.4, -0.2) is 63.2 Å².